The van der Waals surface area contributed by atoms with Gasteiger partial charge in [0.15, 0.2) is 0 Å². The fourth-order valence-corrected chi connectivity index (χ4v) is 1.15. The summed E-state index contributed by atoms with van der Waals surface area (Å²) in [7, 11) is 0. The summed E-state index contributed by atoms with van der Waals surface area (Å²) >= 11 is 0. The van der Waals surface area contributed by atoms with Gasteiger partial charge in [-0.05, 0) is 13.3 Å². The standard InChI is InChI=1S/C9H18N2O/c1-9(2)3-4-10-11-5-7-12-8-6-11/h10H,1,3-8H2,2H3. The van der Waals surface area contributed by atoms with Crippen molar-refractivity contribution < 1.29 is 4.74 Å². The number of nitrogens with one attached hydrogen (secondary N) is 1. The van der Waals surface area contributed by atoms with Gasteiger partial charge in [-0.2, -0.15) is 0 Å². The Hall–Kier alpha value is -0.380. The molecule has 0 bridgehead atoms. The molecule has 1 saturated heterocycles. The van der Waals surface area contributed by atoms with Crippen molar-refractivity contribution in [3.63, 3.8) is 0 Å². The van der Waals surface area contributed by atoms with Crippen LogP contribution in [0.15, 0.2) is 12.2 Å². The Kier molecular flexibility index (Phi) is 4.29. The molecule has 70 valence electrons. The molecule has 0 atom stereocenters. The Labute approximate surface area is 74.4 Å². The van der Waals surface area contributed by atoms with E-state index in [-0.39, 0.29) is 0 Å². The van der Waals surface area contributed by atoms with Crippen LogP contribution in [0.4, 0.5) is 0 Å². The summed E-state index contributed by atoms with van der Waals surface area (Å²) in [6.07, 6.45) is 1.05. The second-order valence-corrected chi connectivity index (χ2v) is 3.21. The van der Waals surface area contributed by atoms with Crippen LogP contribution in [0, 0.1) is 0 Å². The number of hydrogen-bond acceptors (Lipinski definition) is 3. The summed E-state index contributed by atoms with van der Waals surface area (Å²) in [5.74, 6) is 0. The van der Waals surface area contributed by atoms with Gasteiger partial charge >= 0.3 is 0 Å². The fraction of sp³-hybridized carbons (Fsp3) is 0.778. The zero-order valence-electron chi connectivity index (χ0n) is 7.81. The van der Waals surface area contributed by atoms with Crippen molar-refractivity contribution in [3.8, 4) is 0 Å². The Morgan fingerprint density at radius 2 is 2.17 bits per heavy atom. The van der Waals surface area contributed by atoms with Crippen LogP contribution in [-0.2, 0) is 4.74 Å². The van der Waals surface area contributed by atoms with Crippen LogP contribution >= 0.6 is 0 Å². The van der Waals surface area contributed by atoms with E-state index in [0.717, 1.165) is 39.3 Å². The number of rotatable bonds is 4. The SMILES string of the molecule is C=C(C)CCNN1CCOCC1. The van der Waals surface area contributed by atoms with Crippen LogP contribution in [0.5, 0.6) is 0 Å². The molecule has 0 radical (unpaired) electrons. The highest BCUT2D eigenvalue weighted by Gasteiger charge is 2.08. The van der Waals surface area contributed by atoms with Crippen LogP contribution in [0.25, 0.3) is 0 Å². The Morgan fingerprint density at radius 1 is 1.50 bits per heavy atom. The van der Waals surface area contributed by atoms with Gasteiger partial charge in [-0.1, -0.05) is 5.57 Å². The quantitative estimate of drug-likeness (QED) is 0.631. The summed E-state index contributed by atoms with van der Waals surface area (Å²) in [5.41, 5.74) is 4.58. The number of hydrogen-bond donors (Lipinski definition) is 1. The molecule has 12 heavy (non-hydrogen) atoms. The third-order valence-corrected chi connectivity index (χ3v) is 1.90. The maximum absolute atomic E-state index is 5.23. The van der Waals surface area contributed by atoms with E-state index in [1.165, 1.54) is 5.57 Å². The molecule has 0 aromatic rings. The third kappa shape index (κ3) is 3.85. The van der Waals surface area contributed by atoms with Gasteiger partial charge in [0, 0.05) is 19.6 Å². The number of nitrogens with zero attached hydrogens (tertiary/aromatic N) is 1. The predicted molar refractivity (Wildman–Crippen MR) is 49.8 cm³/mol. The lowest BCUT2D eigenvalue weighted by molar-refractivity contribution is 0.0124. The molecule has 0 aromatic carbocycles. The van der Waals surface area contributed by atoms with Crippen molar-refractivity contribution in [2.45, 2.75) is 13.3 Å². The maximum Gasteiger partial charge on any atom is 0.0608 e. The molecule has 0 aliphatic carbocycles. The van der Waals surface area contributed by atoms with E-state index in [1.54, 1.807) is 0 Å². The van der Waals surface area contributed by atoms with E-state index < -0.39 is 0 Å². The van der Waals surface area contributed by atoms with Crippen LogP contribution < -0.4 is 5.43 Å². The first-order chi connectivity index (χ1) is 5.79. The highest BCUT2D eigenvalue weighted by Crippen LogP contribution is 1.95. The lowest BCUT2D eigenvalue weighted by atomic mass is 10.2. The summed E-state index contributed by atoms with van der Waals surface area (Å²) < 4.78 is 5.23. The lowest BCUT2D eigenvalue weighted by Crippen LogP contribution is -2.46. The molecule has 1 aliphatic rings. The van der Waals surface area contributed by atoms with E-state index in [2.05, 4.69) is 23.9 Å². The first kappa shape index (κ1) is 9.71. The van der Waals surface area contributed by atoms with Crippen molar-refractivity contribution in [1.29, 1.82) is 0 Å². The largest absolute Gasteiger partial charge is 0.379 e. The monoisotopic (exact) mass is 170 g/mol. The van der Waals surface area contributed by atoms with Crippen molar-refractivity contribution in [2.75, 3.05) is 32.8 Å². The van der Waals surface area contributed by atoms with Gasteiger partial charge in [0.1, 0.15) is 0 Å². The van der Waals surface area contributed by atoms with Crippen LogP contribution in [0.3, 0.4) is 0 Å². The van der Waals surface area contributed by atoms with Crippen LogP contribution in [0.1, 0.15) is 13.3 Å². The van der Waals surface area contributed by atoms with E-state index in [9.17, 15) is 0 Å². The molecule has 3 nitrogen and oxygen atoms in total. The molecule has 1 N–H and O–H groups in total. The first-order valence-corrected chi connectivity index (χ1v) is 4.49. The minimum atomic E-state index is 0.847. The first-order valence-electron chi connectivity index (χ1n) is 4.49. The molecule has 1 fully saturated rings. The van der Waals surface area contributed by atoms with Crippen LogP contribution in [0.2, 0.25) is 0 Å². The zero-order valence-corrected chi connectivity index (χ0v) is 7.81. The normalized spacial score (nSPS) is 19.4. The molecule has 0 amide bonds. The molecular formula is C9H18N2O. The van der Waals surface area contributed by atoms with Gasteiger partial charge in [0.2, 0.25) is 0 Å². The highest BCUT2D eigenvalue weighted by atomic mass is 16.5. The summed E-state index contributed by atoms with van der Waals surface area (Å²) in [4.78, 5) is 0. The van der Waals surface area contributed by atoms with Crippen LogP contribution in [-0.4, -0.2) is 37.9 Å². The average molecular weight is 170 g/mol. The van der Waals surface area contributed by atoms with Gasteiger partial charge in [0.25, 0.3) is 0 Å². The minimum Gasteiger partial charge on any atom is -0.379 e. The molecule has 1 heterocycles. The summed E-state index contributed by atoms with van der Waals surface area (Å²) in [6, 6.07) is 0. The van der Waals surface area contributed by atoms with Gasteiger partial charge in [0.05, 0.1) is 13.2 Å². The molecule has 0 unspecified atom stereocenters. The van der Waals surface area contributed by atoms with Gasteiger partial charge in [-0.15, -0.1) is 6.58 Å². The third-order valence-electron chi connectivity index (χ3n) is 1.90. The number of morpholine rings is 1. The van der Waals surface area contributed by atoms with E-state index >= 15 is 0 Å². The van der Waals surface area contributed by atoms with E-state index in [1.807, 2.05) is 0 Å². The van der Waals surface area contributed by atoms with Gasteiger partial charge in [-0.25, -0.2) is 5.01 Å². The minimum absolute atomic E-state index is 0.847. The van der Waals surface area contributed by atoms with Gasteiger partial charge < -0.3 is 4.74 Å². The van der Waals surface area contributed by atoms with Crippen molar-refractivity contribution in [1.82, 2.24) is 10.4 Å². The smallest absolute Gasteiger partial charge is 0.0608 e. The zero-order chi connectivity index (χ0) is 8.81. The molecule has 1 aliphatic heterocycles. The Bertz CT molecular complexity index is 141. The molecule has 1 rings (SSSR count). The molecular weight excluding hydrogens is 152 g/mol. The topological polar surface area (TPSA) is 24.5 Å². The second-order valence-electron chi connectivity index (χ2n) is 3.21. The summed E-state index contributed by atoms with van der Waals surface area (Å²) in [6.45, 7) is 10.6. The predicted octanol–water partition coefficient (Wildman–Crippen LogP) is 0.789. The molecule has 0 saturated carbocycles. The fourth-order valence-electron chi connectivity index (χ4n) is 1.15. The Morgan fingerprint density at radius 3 is 2.75 bits per heavy atom. The lowest BCUT2D eigenvalue weighted by Gasteiger charge is -2.27. The second kappa shape index (κ2) is 5.30. The van der Waals surface area contributed by atoms with E-state index in [0.29, 0.717) is 0 Å². The number of hydrazine groups is 1. The molecule has 3 heteroatoms. The Balaban J connectivity index is 2.01. The van der Waals surface area contributed by atoms with Crippen molar-refractivity contribution in [3.05, 3.63) is 12.2 Å². The molecule has 0 aromatic heterocycles. The van der Waals surface area contributed by atoms with Crippen molar-refractivity contribution >= 4 is 0 Å². The maximum atomic E-state index is 5.23. The average Bonchev–Trinajstić information content (AvgIpc) is 2.05. The van der Waals surface area contributed by atoms with Crippen molar-refractivity contribution in [2.24, 2.45) is 0 Å². The molecule has 0 spiro atoms. The van der Waals surface area contributed by atoms with Gasteiger partial charge in [-0.3, -0.25) is 5.43 Å². The number of ether oxygens (including phenoxy) is 1. The summed E-state index contributed by atoms with van der Waals surface area (Å²) in [5, 5.41) is 2.21. The highest BCUT2D eigenvalue weighted by molar-refractivity contribution is 4.87. The van der Waals surface area contributed by atoms with E-state index in [4.69, 9.17) is 4.74 Å².